The van der Waals surface area contributed by atoms with E-state index in [0.717, 1.165) is 12.8 Å². The van der Waals surface area contributed by atoms with Gasteiger partial charge in [-0.2, -0.15) is 0 Å². The van der Waals surface area contributed by atoms with E-state index in [1.54, 1.807) is 0 Å². The Morgan fingerprint density at radius 2 is 1.75 bits per heavy atom. The standard InChI is InChI=1S/C12H21NO3/c1-12(2,3)16-11(15)13-8-4-5-9(13)7-10(14)6-8/h8-10,14H,4-7H2,1-3H3/t8-,9+,10-. The largest absolute Gasteiger partial charge is 0.444 e. The number of nitrogens with zero attached hydrogens (tertiary/aromatic N) is 1. The Morgan fingerprint density at radius 1 is 1.25 bits per heavy atom. The quantitative estimate of drug-likeness (QED) is 0.687. The van der Waals surface area contributed by atoms with Crippen molar-refractivity contribution < 1.29 is 14.6 Å². The second kappa shape index (κ2) is 3.91. The number of rotatable bonds is 0. The number of carbonyl (C=O) groups excluding carboxylic acids is 1. The Hall–Kier alpha value is -0.770. The lowest BCUT2D eigenvalue weighted by atomic mass is 10.0. The van der Waals surface area contributed by atoms with Crippen LogP contribution in [-0.4, -0.2) is 39.9 Å². The van der Waals surface area contributed by atoms with Gasteiger partial charge in [-0.05, 0) is 46.5 Å². The summed E-state index contributed by atoms with van der Waals surface area (Å²) in [6, 6.07) is 0.368. The monoisotopic (exact) mass is 227 g/mol. The van der Waals surface area contributed by atoms with E-state index in [2.05, 4.69) is 0 Å². The molecule has 2 aliphatic rings. The molecule has 0 saturated carbocycles. The van der Waals surface area contributed by atoms with Gasteiger partial charge in [-0.1, -0.05) is 0 Å². The van der Waals surface area contributed by atoms with E-state index in [9.17, 15) is 9.90 Å². The molecular weight excluding hydrogens is 206 g/mol. The number of carbonyl (C=O) groups is 1. The first kappa shape index (κ1) is 11.7. The highest BCUT2D eigenvalue weighted by molar-refractivity contribution is 5.69. The molecule has 0 spiro atoms. The average Bonchev–Trinajstić information content (AvgIpc) is 2.36. The van der Waals surface area contributed by atoms with Crippen molar-refractivity contribution in [2.24, 2.45) is 0 Å². The molecule has 1 amide bonds. The first-order valence-electron chi connectivity index (χ1n) is 6.06. The minimum absolute atomic E-state index is 0.184. The Kier molecular flexibility index (Phi) is 2.86. The topological polar surface area (TPSA) is 49.8 Å². The maximum absolute atomic E-state index is 12.0. The number of ether oxygens (including phenoxy) is 1. The smallest absolute Gasteiger partial charge is 0.410 e. The molecule has 2 heterocycles. The third-order valence-corrected chi connectivity index (χ3v) is 3.31. The summed E-state index contributed by atoms with van der Waals surface area (Å²) in [5.74, 6) is 0. The van der Waals surface area contributed by atoms with Gasteiger partial charge in [0.2, 0.25) is 0 Å². The molecule has 0 unspecified atom stereocenters. The van der Waals surface area contributed by atoms with Gasteiger partial charge < -0.3 is 14.7 Å². The minimum atomic E-state index is -0.438. The zero-order chi connectivity index (χ0) is 11.9. The number of aliphatic hydroxyl groups is 1. The molecule has 4 nitrogen and oxygen atoms in total. The molecule has 4 heteroatoms. The summed E-state index contributed by atoms with van der Waals surface area (Å²) in [6.07, 6.45) is 2.95. The predicted octanol–water partition coefficient (Wildman–Crippen LogP) is 1.91. The highest BCUT2D eigenvalue weighted by Gasteiger charge is 2.44. The van der Waals surface area contributed by atoms with Gasteiger partial charge in [-0.3, -0.25) is 0 Å². The molecule has 2 bridgehead atoms. The normalized spacial score (nSPS) is 34.0. The highest BCUT2D eigenvalue weighted by atomic mass is 16.6. The van der Waals surface area contributed by atoms with Crippen molar-refractivity contribution in [3.8, 4) is 0 Å². The summed E-state index contributed by atoms with van der Waals surface area (Å²) in [4.78, 5) is 13.8. The van der Waals surface area contributed by atoms with Crippen LogP contribution in [0.2, 0.25) is 0 Å². The second-order valence-corrected chi connectivity index (χ2v) is 5.90. The molecular formula is C12H21NO3. The van der Waals surface area contributed by atoms with Crippen molar-refractivity contribution in [1.82, 2.24) is 4.90 Å². The number of hydrogen-bond acceptors (Lipinski definition) is 3. The number of piperidine rings is 1. The van der Waals surface area contributed by atoms with Crippen LogP contribution in [0.15, 0.2) is 0 Å². The Bertz CT molecular complexity index is 270. The molecule has 0 aromatic carbocycles. The minimum Gasteiger partial charge on any atom is -0.444 e. The summed E-state index contributed by atoms with van der Waals surface area (Å²) in [5, 5.41) is 9.64. The van der Waals surface area contributed by atoms with Crippen molar-refractivity contribution >= 4 is 6.09 Å². The molecule has 0 aromatic rings. The van der Waals surface area contributed by atoms with E-state index in [0.29, 0.717) is 12.8 Å². The maximum Gasteiger partial charge on any atom is 0.410 e. The van der Waals surface area contributed by atoms with E-state index < -0.39 is 5.60 Å². The predicted molar refractivity (Wildman–Crippen MR) is 60.1 cm³/mol. The molecule has 0 aromatic heterocycles. The third-order valence-electron chi connectivity index (χ3n) is 3.31. The Labute approximate surface area is 96.6 Å². The van der Waals surface area contributed by atoms with Crippen molar-refractivity contribution in [3.63, 3.8) is 0 Å². The summed E-state index contributed by atoms with van der Waals surface area (Å²) in [5.41, 5.74) is -0.438. The number of fused-ring (bicyclic) bond motifs is 2. The molecule has 2 rings (SSSR count). The van der Waals surface area contributed by atoms with Crippen LogP contribution < -0.4 is 0 Å². The number of amides is 1. The van der Waals surface area contributed by atoms with Gasteiger partial charge in [-0.15, -0.1) is 0 Å². The molecule has 16 heavy (non-hydrogen) atoms. The lowest BCUT2D eigenvalue weighted by Gasteiger charge is -2.37. The van der Waals surface area contributed by atoms with Crippen LogP contribution >= 0.6 is 0 Å². The van der Waals surface area contributed by atoms with Crippen LogP contribution in [0.25, 0.3) is 0 Å². The molecule has 2 aliphatic heterocycles. The fourth-order valence-corrected chi connectivity index (χ4v) is 2.76. The summed E-state index contributed by atoms with van der Waals surface area (Å²) >= 11 is 0. The lowest BCUT2D eigenvalue weighted by molar-refractivity contribution is -0.0110. The van der Waals surface area contributed by atoms with Gasteiger partial charge in [0.15, 0.2) is 0 Å². The van der Waals surface area contributed by atoms with E-state index in [1.165, 1.54) is 0 Å². The Morgan fingerprint density at radius 3 is 2.19 bits per heavy atom. The van der Waals surface area contributed by atoms with Gasteiger partial charge in [0.05, 0.1) is 6.10 Å². The average molecular weight is 227 g/mol. The van der Waals surface area contributed by atoms with Gasteiger partial charge in [0, 0.05) is 12.1 Å². The van der Waals surface area contributed by atoms with Crippen molar-refractivity contribution in [2.45, 2.75) is 70.2 Å². The fraction of sp³-hybridized carbons (Fsp3) is 0.917. The van der Waals surface area contributed by atoms with Gasteiger partial charge in [-0.25, -0.2) is 4.79 Å². The lowest BCUT2D eigenvalue weighted by Crippen LogP contribution is -2.49. The first-order chi connectivity index (χ1) is 7.37. The molecule has 3 atom stereocenters. The van der Waals surface area contributed by atoms with E-state index in [-0.39, 0.29) is 24.3 Å². The number of hydrogen-bond donors (Lipinski definition) is 1. The molecule has 0 aliphatic carbocycles. The van der Waals surface area contributed by atoms with Crippen LogP contribution in [-0.2, 0) is 4.74 Å². The van der Waals surface area contributed by atoms with Gasteiger partial charge >= 0.3 is 6.09 Å². The van der Waals surface area contributed by atoms with Gasteiger partial charge in [0.1, 0.15) is 5.60 Å². The van der Waals surface area contributed by atoms with E-state index >= 15 is 0 Å². The van der Waals surface area contributed by atoms with Crippen LogP contribution in [0.5, 0.6) is 0 Å². The van der Waals surface area contributed by atoms with Crippen LogP contribution in [0.3, 0.4) is 0 Å². The van der Waals surface area contributed by atoms with Gasteiger partial charge in [0.25, 0.3) is 0 Å². The molecule has 0 radical (unpaired) electrons. The number of aliphatic hydroxyl groups excluding tert-OH is 1. The zero-order valence-corrected chi connectivity index (χ0v) is 10.3. The zero-order valence-electron chi connectivity index (χ0n) is 10.3. The van der Waals surface area contributed by atoms with E-state index in [1.807, 2.05) is 25.7 Å². The molecule has 1 N–H and O–H groups in total. The third kappa shape index (κ3) is 2.32. The molecule has 2 fully saturated rings. The fourth-order valence-electron chi connectivity index (χ4n) is 2.76. The second-order valence-electron chi connectivity index (χ2n) is 5.90. The first-order valence-corrected chi connectivity index (χ1v) is 6.06. The summed E-state index contributed by atoms with van der Waals surface area (Å²) in [6.45, 7) is 5.64. The van der Waals surface area contributed by atoms with Crippen molar-refractivity contribution in [1.29, 1.82) is 0 Å². The Balaban J connectivity index is 2.03. The van der Waals surface area contributed by atoms with Crippen molar-refractivity contribution in [2.75, 3.05) is 0 Å². The van der Waals surface area contributed by atoms with Crippen LogP contribution in [0.4, 0.5) is 4.79 Å². The molecule has 2 saturated heterocycles. The van der Waals surface area contributed by atoms with Crippen LogP contribution in [0, 0.1) is 0 Å². The maximum atomic E-state index is 12.0. The highest BCUT2D eigenvalue weighted by Crippen LogP contribution is 2.36. The van der Waals surface area contributed by atoms with E-state index in [4.69, 9.17) is 4.74 Å². The van der Waals surface area contributed by atoms with Crippen LogP contribution in [0.1, 0.15) is 46.5 Å². The molecule has 92 valence electrons. The summed E-state index contributed by atoms with van der Waals surface area (Å²) < 4.78 is 5.40. The summed E-state index contributed by atoms with van der Waals surface area (Å²) in [7, 11) is 0. The van der Waals surface area contributed by atoms with Crippen molar-refractivity contribution in [3.05, 3.63) is 0 Å². The SMILES string of the molecule is CC(C)(C)OC(=O)N1[C@@H]2CC[C@H]1C[C@H](O)C2.